The Bertz CT molecular complexity index is 449. The van der Waals surface area contributed by atoms with E-state index in [9.17, 15) is 9.59 Å². The van der Waals surface area contributed by atoms with Crippen molar-refractivity contribution in [3.63, 3.8) is 0 Å². The Hall–Kier alpha value is -1.63. The number of amides is 2. The molecule has 0 saturated carbocycles. The molecule has 104 valence electrons. The van der Waals surface area contributed by atoms with E-state index >= 15 is 0 Å². The SMILES string of the molecule is CCC(NC(=O)N1CCC[C@@H]1C(=O)O)c1nccs1. The standard InChI is InChI=1S/C12H17N3O3S/c1-2-8(10-13-5-7-19-10)14-12(18)15-6-3-4-9(15)11(16)17/h5,7-9H,2-4,6H2,1H3,(H,14,18)(H,16,17)/t8?,9-/m1/s1. The normalized spacial score (nSPS) is 20.3. The third kappa shape index (κ3) is 3.04. The minimum Gasteiger partial charge on any atom is -0.480 e. The highest BCUT2D eigenvalue weighted by Crippen LogP contribution is 2.22. The Balaban J connectivity index is 2.02. The number of aliphatic carboxylic acids is 1. The lowest BCUT2D eigenvalue weighted by Gasteiger charge is -2.24. The number of rotatable bonds is 4. The summed E-state index contributed by atoms with van der Waals surface area (Å²) >= 11 is 1.49. The van der Waals surface area contributed by atoms with Crippen LogP contribution in [0.5, 0.6) is 0 Å². The fourth-order valence-electron chi connectivity index (χ4n) is 2.24. The largest absolute Gasteiger partial charge is 0.480 e. The molecule has 0 bridgehead atoms. The lowest BCUT2D eigenvalue weighted by atomic mass is 10.2. The fourth-order valence-corrected chi connectivity index (χ4v) is 3.02. The second-order valence-corrected chi connectivity index (χ2v) is 5.40. The molecule has 0 aromatic carbocycles. The predicted octanol–water partition coefficient (Wildman–Crippen LogP) is 1.85. The molecule has 1 aromatic rings. The summed E-state index contributed by atoms with van der Waals surface area (Å²) in [6.07, 6.45) is 3.69. The first-order valence-corrected chi connectivity index (χ1v) is 7.20. The van der Waals surface area contributed by atoms with E-state index in [-0.39, 0.29) is 12.1 Å². The van der Waals surface area contributed by atoms with Gasteiger partial charge in [0.15, 0.2) is 0 Å². The Morgan fingerprint density at radius 2 is 2.47 bits per heavy atom. The Morgan fingerprint density at radius 1 is 1.68 bits per heavy atom. The monoisotopic (exact) mass is 283 g/mol. The third-order valence-corrected chi connectivity index (χ3v) is 4.14. The van der Waals surface area contributed by atoms with E-state index < -0.39 is 12.0 Å². The number of hydrogen-bond donors (Lipinski definition) is 2. The van der Waals surface area contributed by atoms with Crippen LogP contribution in [0.3, 0.4) is 0 Å². The van der Waals surface area contributed by atoms with Crippen molar-refractivity contribution in [2.24, 2.45) is 0 Å². The number of carboxylic acid groups (broad SMARTS) is 1. The van der Waals surface area contributed by atoms with Gasteiger partial charge in [-0.2, -0.15) is 0 Å². The summed E-state index contributed by atoms with van der Waals surface area (Å²) in [6, 6.07) is -1.16. The molecule has 1 fully saturated rings. The number of carbonyl (C=O) groups is 2. The molecule has 2 N–H and O–H groups in total. The first-order chi connectivity index (χ1) is 9.13. The van der Waals surface area contributed by atoms with Crippen LogP contribution in [0.1, 0.15) is 37.2 Å². The smallest absolute Gasteiger partial charge is 0.326 e. The Labute approximate surface area is 115 Å². The minimum atomic E-state index is -0.935. The molecule has 2 rings (SSSR count). The lowest BCUT2D eigenvalue weighted by Crippen LogP contribution is -2.46. The molecule has 1 aromatic heterocycles. The van der Waals surface area contributed by atoms with Crippen molar-refractivity contribution < 1.29 is 14.7 Å². The summed E-state index contributed by atoms with van der Waals surface area (Å²) in [7, 11) is 0. The van der Waals surface area contributed by atoms with Gasteiger partial charge in [0.05, 0.1) is 6.04 Å². The highest BCUT2D eigenvalue weighted by atomic mass is 32.1. The molecule has 19 heavy (non-hydrogen) atoms. The molecule has 7 heteroatoms. The van der Waals surface area contributed by atoms with Gasteiger partial charge in [-0.3, -0.25) is 0 Å². The fraction of sp³-hybridized carbons (Fsp3) is 0.583. The molecule has 1 unspecified atom stereocenters. The maximum Gasteiger partial charge on any atom is 0.326 e. The van der Waals surface area contributed by atoms with Gasteiger partial charge >= 0.3 is 12.0 Å². The molecule has 2 atom stereocenters. The quantitative estimate of drug-likeness (QED) is 0.883. The van der Waals surface area contributed by atoms with Crippen LogP contribution in [-0.2, 0) is 4.79 Å². The molecular formula is C12H17N3O3S. The van der Waals surface area contributed by atoms with Crippen molar-refractivity contribution in [1.29, 1.82) is 0 Å². The zero-order valence-corrected chi connectivity index (χ0v) is 11.5. The van der Waals surface area contributed by atoms with E-state index in [1.54, 1.807) is 6.20 Å². The molecule has 2 amide bonds. The average Bonchev–Trinajstić information content (AvgIpc) is 3.05. The maximum absolute atomic E-state index is 12.2. The van der Waals surface area contributed by atoms with Gasteiger partial charge in [-0.1, -0.05) is 6.92 Å². The highest BCUT2D eigenvalue weighted by molar-refractivity contribution is 7.09. The van der Waals surface area contributed by atoms with Crippen LogP contribution in [0.2, 0.25) is 0 Å². The van der Waals surface area contributed by atoms with Crippen molar-refractivity contribution in [3.8, 4) is 0 Å². The van der Waals surface area contributed by atoms with Crippen molar-refractivity contribution in [2.75, 3.05) is 6.54 Å². The van der Waals surface area contributed by atoms with Gasteiger partial charge in [0.2, 0.25) is 0 Å². The van der Waals surface area contributed by atoms with Crippen molar-refractivity contribution in [1.82, 2.24) is 15.2 Å². The van der Waals surface area contributed by atoms with E-state index in [4.69, 9.17) is 5.11 Å². The topological polar surface area (TPSA) is 82.5 Å². The van der Waals surface area contributed by atoms with Gasteiger partial charge in [0.25, 0.3) is 0 Å². The minimum absolute atomic E-state index is 0.150. The molecule has 6 nitrogen and oxygen atoms in total. The number of thiazole rings is 1. The van der Waals surface area contributed by atoms with E-state index in [0.717, 1.165) is 17.8 Å². The highest BCUT2D eigenvalue weighted by Gasteiger charge is 2.34. The van der Waals surface area contributed by atoms with E-state index in [0.29, 0.717) is 13.0 Å². The van der Waals surface area contributed by atoms with Gasteiger partial charge in [-0.25, -0.2) is 14.6 Å². The maximum atomic E-state index is 12.2. The van der Waals surface area contributed by atoms with Crippen molar-refractivity contribution in [2.45, 2.75) is 38.3 Å². The lowest BCUT2D eigenvalue weighted by molar-refractivity contribution is -0.141. The molecule has 0 aliphatic carbocycles. The first-order valence-electron chi connectivity index (χ1n) is 6.32. The Kier molecular flexibility index (Phi) is 4.36. The summed E-state index contributed by atoms with van der Waals surface area (Å²) in [6.45, 7) is 2.46. The third-order valence-electron chi connectivity index (χ3n) is 3.25. The van der Waals surface area contributed by atoms with Gasteiger partial charge < -0.3 is 15.3 Å². The molecule has 0 spiro atoms. The van der Waals surface area contributed by atoms with Crippen LogP contribution in [0.15, 0.2) is 11.6 Å². The molecular weight excluding hydrogens is 266 g/mol. The number of hydrogen-bond acceptors (Lipinski definition) is 4. The molecule has 1 aliphatic heterocycles. The van der Waals surface area contributed by atoms with Crippen LogP contribution >= 0.6 is 11.3 Å². The van der Waals surface area contributed by atoms with Crippen LogP contribution in [-0.4, -0.2) is 39.6 Å². The number of likely N-dealkylation sites (tertiary alicyclic amines) is 1. The summed E-state index contributed by atoms with van der Waals surface area (Å²) in [5.41, 5.74) is 0. The van der Waals surface area contributed by atoms with Crippen LogP contribution in [0.4, 0.5) is 4.79 Å². The number of urea groups is 1. The first kappa shape index (κ1) is 13.8. The van der Waals surface area contributed by atoms with Crippen LogP contribution in [0, 0.1) is 0 Å². The zero-order valence-electron chi connectivity index (χ0n) is 10.7. The zero-order chi connectivity index (χ0) is 13.8. The summed E-state index contributed by atoms with van der Waals surface area (Å²) in [4.78, 5) is 28.8. The van der Waals surface area contributed by atoms with Crippen LogP contribution < -0.4 is 5.32 Å². The van der Waals surface area contributed by atoms with E-state index in [1.807, 2.05) is 12.3 Å². The number of nitrogens with one attached hydrogen (secondary N) is 1. The van der Waals surface area contributed by atoms with Gasteiger partial charge in [0.1, 0.15) is 11.0 Å². The van der Waals surface area contributed by atoms with Crippen molar-refractivity contribution in [3.05, 3.63) is 16.6 Å². The summed E-state index contributed by atoms with van der Waals surface area (Å²) < 4.78 is 0. The molecule has 1 saturated heterocycles. The van der Waals surface area contributed by atoms with E-state index in [2.05, 4.69) is 10.3 Å². The van der Waals surface area contributed by atoms with E-state index in [1.165, 1.54) is 16.2 Å². The molecule has 1 aliphatic rings. The predicted molar refractivity (Wildman–Crippen MR) is 71.0 cm³/mol. The van der Waals surface area contributed by atoms with Gasteiger partial charge in [-0.15, -0.1) is 11.3 Å². The number of nitrogens with zero attached hydrogens (tertiary/aromatic N) is 2. The Morgan fingerprint density at radius 3 is 3.05 bits per heavy atom. The molecule has 2 heterocycles. The van der Waals surface area contributed by atoms with Crippen LogP contribution in [0.25, 0.3) is 0 Å². The second kappa shape index (κ2) is 6.01. The average molecular weight is 283 g/mol. The summed E-state index contributed by atoms with van der Waals surface area (Å²) in [5.74, 6) is -0.935. The number of carboxylic acids is 1. The number of carbonyl (C=O) groups excluding carboxylic acids is 1. The second-order valence-electron chi connectivity index (χ2n) is 4.47. The van der Waals surface area contributed by atoms with Gasteiger partial charge in [0, 0.05) is 18.1 Å². The van der Waals surface area contributed by atoms with Crippen molar-refractivity contribution >= 4 is 23.3 Å². The summed E-state index contributed by atoms with van der Waals surface area (Å²) in [5, 5.41) is 14.7. The molecule has 0 radical (unpaired) electrons. The number of aromatic nitrogens is 1. The van der Waals surface area contributed by atoms with Gasteiger partial charge in [-0.05, 0) is 19.3 Å².